The minimum absolute atomic E-state index is 0.0183. The lowest BCUT2D eigenvalue weighted by atomic mass is 9.93. The molecule has 0 radical (unpaired) electrons. The molecule has 0 aliphatic rings. The van der Waals surface area contributed by atoms with Crippen LogP contribution in [0, 0.1) is 0 Å². The standard InChI is InChI=1S/C10H12N4/c1-10(2,3)8-6-11-9-7(13-8)4-5-12-14-9/h4-6H,1-3H3. The van der Waals surface area contributed by atoms with E-state index < -0.39 is 0 Å². The van der Waals surface area contributed by atoms with Gasteiger partial charge in [0.15, 0.2) is 5.65 Å². The van der Waals surface area contributed by atoms with E-state index in [1.165, 1.54) is 0 Å². The Morgan fingerprint density at radius 3 is 2.71 bits per heavy atom. The Kier molecular flexibility index (Phi) is 1.91. The van der Waals surface area contributed by atoms with E-state index in [2.05, 4.69) is 40.9 Å². The minimum Gasteiger partial charge on any atom is -0.247 e. The number of fused-ring (bicyclic) bond motifs is 1. The van der Waals surface area contributed by atoms with Crippen molar-refractivity contribution in [3.8, 4) is 0 Å². The van der Waals surface area contributed by atoms with Gasteiger partial charge in [0.2, 0.25) is 0 Å². The van der Waals surface area contributed by atoms with Gasteiger partial charge in [0.25, 0.3) is 0 Å². The molecule has 0 spiro atoms. The first-order valence-electron chi connectivity index (χ1n) is 4.52. The molecule has 0 bridgehead atoms. The van der Waals surface area contributed by atoms with Gasteiger partial charge in [-0.1, -0.05) is 20.8 Å². The molecule has 0 unspecified atom stereocenters. The number of aromatic nitrogens is 4. The van der Waals surface area contributed by atoms with Gasteiger partial charge < -0.3 is 0 Å². The molecular formula is C10H12N4. The number of hydrogen-bond donors (Lipinski definition) is 0. The topological polar surface area (TPSA) is 51.6 Å². The van der Waals surface area contributed by atoms with E-state index in [0.717, 1.165) is 11.2 Å². The lowest BCUT2D eigenvalue weighted by Crippen LogP contribution is -2.14. The third-order valence-electron chi connectivity index (χ3n) is 2.00. The van der Waals surface area contributed by atoms with Gasteiger partial charge in [-0.05, 0) is 6.07 Å². The van der Waals surface area contributed by atoms with Gasteiger partial charge in [-0.25, -0.2) is 9.97 Å². The molecule has 0 saturated heterocycles. The summed E-state index contributed by atoms with van der Waals surface area (Å²) in [5.74, 6) is 0. The highest BCUT2D eigenvalue weighted by Crippen LogP contribution is 2.20. The maximum absolute atomic E-state index is 4.48. The molecule has 0 atom stereocenters. The second-order valence-corrected chi connectivity index (χ2v) is 4.25. The van der Waals surface area contributed by atoms with E-state index in [0.29, 0.717) is 5.65 Å². The summed E-state index contributed by atoms with van der Waals surface area (Å²) in [6, 6.07) is 1.82. The number of nitrogens with zero attached hydrogens (tertiary/aromatic N) is 4. The first kappa shape index (κ1) is 8.99. The molecule has 2 rings (SSSR count). The van der Waals surface area contributed by atoms with Crippen LogP contribution < -0.4 is 0 Å². The third kappa shape index (κ3) is 1.55. The lowest BCUT2D eigenvalue weighted by Gasteiger charge is -2.16. The van der Waals surface area contributed by atoms with Crippen LogP contribution in [0.25, 0.3) is 11.2 Å². The summed E-state index contributed by atoms with van der Waals surface area (Å²) in [5, 5.41) is 7.63. The maximum Gasteiger partial charge on any atom is 0.200 e. The summed E-state index contributed by atoms with van der Waals surface area (Å²) in [5.41, 5.74) is 2.38. The van der Waals surface area contributed by atoms with Gasteiger partial charge >= 0.3 is 0 Å². The molecule has 0 amide bonds. The second-order valence-electron chi connectivity index (χ2n) is 4.25. The predicted molar refractivity (Wildman–Crippen MR) is 53.8 cm³/mol. The molecule has 2 aromatic heterocycles. The van der Waals surface area contributed by atoms with Crippen LogP contribution in [0.4, 0.5) is 0 Å². The van der Waals surface area contributed by atoms with Crippen LogP contribution in [0.2, 0.25) is 0 Å². The van der Waals surface area contributed by atoms with E-state index in [9.17, 15) is 0 Å². The van der Waals surface area contributed by atoms with Crippen molar-refractivity contribution in [3.63, 3.8) is 0 Å². The highest BCUT2D eigenvalue weighted by molar-refractivity contribution is 5.68. The smallest absolute Gasteiger partial charge is 0.200 e. The van der Waals surface area contributed by atoms with Crippen molar-refractivity contribution < 1.29 is 0 Å². The van der Waals surface area contributed by atoms with Crippen molar-refractivity contribution in [1.82, 2.24) is 20.2 Å². The predicted octanol–water partition coefficient (Wildman–Crippen LogP) is 1.72. The van der Waals surface area contributed by atoms with Crippen LogP contribution in [0.15, 0.2) is 18.5 Å². The summed E-state index contributed by atoms with van der Waals surface area (Å²) < 4.78 is 0. The summed E-state index contributed by atoms with van der Waals surface area (Å²) in [7, 11) is 0. The molecule has 0 aliphatic carbocycles. The van der Waals surface area contributed by atoms with Crippen molar-refractivity contribution >= 4 is 11.2 Å². The van der Waals surface area contributed by atoms with Gasteiger partial charge in [-0.2, -0.15) is 5.10 Å². The molecule has 14 heavy (non-hydrogen) atoms. The van der Waals surface area contributed by atoms with Crippen LogP contribution in [-0.2, 0) is 5.41 Å². The molecule has 2 aromatic rings. The van der Waals surface area contributed by atoms with E-state index in [4.69, 9.17) is 0 Å². The van der Waals surface area contributed by atoms with Gasteiger partial charge in [0.1, 0.15) is 5.52 Å². The Bertz CT molecular complexity index is 459. The van der Waals surface area contributed by atoms with Crippen molar-refractivity contribution in [2.45, 2.75) is 26.2 Å². The SMILES string of the molecule is CC(C)(C)c1cnc2nnccc2n1. The van der Waals surface area contributed by atoms with Gasteiger partial charge in [0, 0.05) is 5.41 Å². The van der Waals surface area contributed by atoms with E-state index in [1.54, 1.807) is 12.4 Å². The van der Waals surface area contributed by atoms with Crippen molar-refractivity contribution in [3.05, 3.63) is 24.2 Å². The molecule has 0 N–H and O–H groups in total. The Balaban J connectivity index is 2.63. The monoisotopic (exact) mass is 188 g/mol. The molecule has 0 aromatic carbocycles. The maximum atomic E-state index is 4.48. The van der Waals surface area contributed by atoms with Crippen molar-refractivity contribution in [1.29, 1.82) is 0 Å². The Hall–Kier alpha value is -1.58. The Morgan fingerprint density at radius 1 is 1.21 bits per heavy atom. The summed E-state index contributed by atoms with van der Waals surface area (Å²) in [6.07, 6.45) is 3.39. The summed E-state index contributed by atoms with van der Waals surface area (Å²) in [4.78, 5) is 8.69. The first-order valence-corrected chi connectivity index (χ1v) is 4.52. The van der Waals surface area contributed by atoms with Crippen LogP contribution >= 0.6 is 0 Å². The van der Waals surface area contributed by atoms with Gasteiger partial charge in [-0.15, -0.1) is 5.10 Å². The molecule has 2 heterocycles. The van der Waals surface area contributed by atoms with Crippen LogP contribution in [-0.4, -0.2) is 20.2 Å². The van der Waals surface area contributed by atoms with E-state index >= 15 is 0 Å². The quantitative estimate of drug-likeness (QED) is 0.631. The molecule has 4 nitrogen and oxygen atoms in total. The number of hydrogen-bond acceptors (Lipinski definition) is 4. The fraction of sp³-hybridized carbons (Fsp3) is 0.400. The molecule has 0 fully saturated rings. The van der Waals surface area contributed by atoms with Crippen LogP contribution in [0.1, 0.15) is 26.5 Å². The summed E-state index contributed by atoms with van der Waals surface area (Å²) >= 11 is 0. The van der Waals surface area contributed by atoms with Crippen molar-refractivity contribution in [2.75, 3.05) is 0 Å². The zero-order valence-corrected chi connectivity index (χ0v) is 8.52. The molecule has 4 heteroatoms. The van der Waals surface area contributed by atoms with Gasteiger partial charge in [-0.3, -0.25) is 0 Å². The zero-order chi connectivity index (χ0) is 10.2. The molecular weight excluding hydrogens is 176 g/mol. The largest absolute Gasteiger partial charge is 0.247 e. The average Bonchev–Trinajstić information content (AvgIpc) is 2.16. The lowest BCUT2D eigenvalue weighted by molar-refractivity contribution is 0.568. The zero-order valence-electron chi connectivity index (χ0n) is 8.52. The van der Waals surface area contributed by atoms with E-state index in [1.807, 2.05) is 6.07 Å². The summed E-state index contributed by atoms with van der Waals surface area (Å²) in [6.45, 7) is 6.33. The van der Waals surface area contributed by atoms with E-state index in [-0.39, 0.29) is 5.41 Å². The second kappa shape index (κ2) is 2.97. The fourth-order valence-corrected chi connectivity index (χ4v) is 1.14. The Labute approximate surface area is 82.4 Å². The van der Waals surface area contributed by atoms with Crippen LogP contribution in [0.5, 0.6) is 0 Å². The van der Waals surface area contributed by atoms with Crippen molar-refractivity contribution in [2.24, 2.45) is 0 Å². The fourth-order valence-electron chi connectivity index (χ4n) is 1.14. The average molecular weight is 188 g/mol. The minimum atomic E-state index is 0.0183. The number of rotatable bonds is 0. The highest BCUT2D eigenvalue weighted by Gasteiger charge is 2.16. The Morgan fingerprint density at radius 2 is 2.00 bits per heavy atom. The highest BCUT2D eigenvalue weighted by atomic mass is 15.1. The molecule has 72 valence electrons. The third-order valence-corrected chi connectivity index (χ3v) is 2.00. The van der Waals surface area contributed by atoms with Crippen LogP contribution in [0.3, 0.4) is 0 Å². The molecule has 0 saturated carbocycles. The first-order chi connectivity index (χ1) is 6.57. The van der Waals surface area contributed by atoms with Gasteiger partial charge in [0.05, 0.1) is 18.1 Å². The normalized spacial score (nSPS) is 11.9. The molecule has 0 aliphatic heterocycles.